The number of thioether (sulfide) groups is 1. The molecule has 0 saturated heterocycles. The fraction of sp³-hybridized carbons (Fsp3) is 0.278. The standard InChI is InChI=1S/C18H20ClNO2S/c1-22-17(15-9-5-6-10-16(15)19)13-20-18(21)11-12-23-14-7-3-2-4-8-14/h2-10,17H,11-13H2,1H3,(H,20,21)/t17-/m0/s1. The zero-order valence-electron chi connectivity index (χ0n) is 13.0. The summed E-state index contributed by atoms with van der Waals surface area (Å²) in [7, 11) is 1.62. The molecule has 23 heavy (non-hydrogen) atoms. The minimum atomic E-state index is -0.241. The molecule has 0 bridgehead atoms. The van der Waals surface area contributed by atoms with Gasteiger partial charge in [0.05, 0.1) is 0 Å². The predicted octanol–water partition coefficient (Wildman–Crippen LogP) is 4.33. The molecule has 0 saturated carbocycles. The zero-order valence-corrected chi connectivity index (χ0v) is 14.6. The Bertz CT molecular complexity index is 621. The summed E-state index contributed by atoms with van der Waals surface area (Å²) >= 11 is 7.84. The lowest BCUT2D eigenvalue weighted by molar-refractivity contribution is -0.121. The van der Waals surface area contributed by atoms with Crippen LogP contribution in [0.2, 0.25) is 5.02 Å². The number of carbonyl (C=O) groups excluding carboxylic acids is 1. The zero-order chi connectivity index (χ0) is 16.5. The fourth-order valence-electron chi connectivity index (χ4n) is 2.13. The van der Waals surface area contributed by atoms with Gasteiger partial charge in [0, 0.05) is 41.3 Å². The highest BCUT2D eigenvalue weighted by Crippen LogP contribution is 2.24. The molecule has 2 aromatic rings. The van der Waals surface area contributed by atoms with Gasteiger partial charge in [-0.1, -0.05) is 48.0 Å². The Morgan fingerprint density at radius 2 is 1.87 bits per heavy atom. The summed E-state index contributed by atoms with van der Waals surface area (Å²) in [5.74, 6) is 0.766. The molecule has 1 N–H and O–H groups in total. The average molecular weight is 350 g/mol. The molecule has 0 aromatic heterocycles. The van der Waals surface area contributed by atoms with Crippen LogP contribution in [0.1, 0.15) is 18.1 Å². The van der Waals surface area contributed by atoms with Crippen molar-refractivity contribution < 1.29 is 9.53 Å². The van der Waals surface area contributed by atoms with Gasteiger partial charge >= 0.3 is 0 Å². The second-order valence-corrected chi connectivity index (χ2v) is 6.54. The van der Waals surface area contributed by atoms with E-state index in [0.717, 1.165) is 11.3 Å². The topological polar surface area (TPSA) is 38.3 Å². The lowest BCUT2D eigenvalue weighted by Gasteiger charge is -2.17. The predicted molar refractivity (Wildman–Crippen MR) is 96.0 cm³/mol. The van der Waals surface area contributed by atoms with Gasteiger partial charge in [-0.2, -0.15) is 0 Å². The molecule has 0 aliphatic carbocycles. The largest absolute Gasteiger partial charge is 0.375 e. The normalized spacial score (nSPS) is 11.9. The molecule has 122 valence electrons. The number of methoxy groups -OCH3 is 1. The van der Waals surface area contributed by atoms with Gasteiger partial charge < -0.3 is 10.1 Å². The quantitative estimate of drug-likeness (QED) is 0.721. The van der Waals surface area contributed by atoms with Crippen molar-refractivity contribution in [1.82, 2.24) is 5.32 Å². The molecular weight excluding hydrogens is 330 g/mol. The van der Waals surface area contributed by atoms with Crippen LogP contribution in [0.15, 0.2) is 59.5 Å². The lowest BCUT2D eigenvalue weighted by atomic mass is 10.1. The van der Waals surface area contributed by atoms with Gasteiger partial charge in [0.15, 0.2) is 0 Å². The first-order valence-corrected chi connectivity index (χ1v) is 8.79. The van der Waals surface area contributed by atoms with E-state index < -0.39 is 0 Å². The molecule has 0 heterocycles. The van der Waals surface area contributed by atoms with Gasteiger partial charge in [-0.15, -0.1) is 11.8 Å². The maximum atomic E-state index is 12.0. The first kappa shape index (κ1) is 17.9. The van der Waals surface area contributed by atoms with Gasteiger partial charge in [-0.05, 0) is 18.2 Å². The SMILES string of the molecule is CO[C@@H](CNC(=O)CCSc1ccccc1)c1ccccc1Cl. The monoisotopic (exact) mass is 349 g/mol. The summed E-state index contributed by atoms with van der Waals surface area (Å²) in [6, 6.07) is 17.6. The first-order valence-electron chi connectivity index (χ1n) is 7.42. The average Bonchev–Trinajstić information content (AvgIpc) is 2.58. The highest BCUT2D eigenvalue weighted by Gasteiger charge is 2.14. The van der Waals surface area contributed by atoms with Crippen molar-refractivity contribution in [3.8, 4) is 0 Å². The molecule has 0 fully saturated rings. The molecule has 0 aliphatic heterocycles. The number of hydrogen-bond acceptors (Lipinski definition) is 3. The van der Waals surface area contributed by atoms with Crippen molar-refractivity contribution in [2.45, 2.75) is 17.4 Å². The molecule has 0 radical (unpaired) electrons. The minimum Gasteiger partial charge on any atom is -0.375 e. The van der Waals surface area contributed by atoms with Gasteiger partial charge in [0.1, 0.15) is 6.10 Å². The molecule has 1 atom stereocenters. The number of rotatable bonds is 8. The summed E-state index contributed by atoms with van der Waals surface area (Å²) < 4.78 is 5.44. The Labute approximate surface area is 146 Å². The van der Waals surface area contributed by atoms with Crippen molar-refractivity contribution >= 4 is 29.3 Å². The summed E-state index contributed by atoms with van der Waals surface area (Å²) in [6.07, 6.45) is 0.229. The van der Waals surface area contributed by atoms with E-state index in [0.29, 0.717) is 18.0 Å². The summed E-state index contributed by atoms with van der Waals surface area (Å²) in [5, 5.41) is 3.56. The summed E-state index contributed by atoms with van der Waals surface area (Å²) in [4.78, 5) is 13.1. The Morgan fingerprint density at radius 3 is 2.57 bits per heavy atom. The Kier molecular flexibility index (Phi) is 7.46. The van der Waals surface area contributed by atoms with E-state index in [-0.39, 0.29) is 12.0 Å². The van der Waals surface area contributed by atoms with Crippen LogP contribution in [-0.2, 0) is 9.53 Å². The third-order valence-corrected chi connectivity index (χ3v) is 4.72. The highest BCUT2D eigenvalue weighted by molar-refractivity contribution is 7.99. The van der Waals surface area contributed by atoms with E-state index in [2.05, 4.69) is 5.32 Å². The van der Waals surface area contributed by atoms with E-state index in [1.54, 1.807) is 18.9 Å². The van der Waals surface area contributed by atoms with Crippen molar-refractivity contribution in [3.05, 3.63) is 65.2 Å². The number of carbonyl (C=O) groups is 1. The van der Waals surface area contributed by atoms with Gasteiger partial charge in [-0.3, -0.25) is 4.79 Å². The van der Waals surface area contributed by atoms with Gasteiger partial charge in [-0.25, -0.2) is 0 Å². The molecule has 1 amide bonds. The van der Waals surface area contributed by atoms with Gasteiger partial charge in [0.2, 0.25) is 5.91 Å². The van der Waals surface area contributed by atoms with E-state index in [9.17, 15) is 4.79 Å². The van der Waals surface area contributed by atoms with Crippen LogP contribution in [0.25, 0.3) is 0 Å². The van der Waals surface area contributed by atoms with Crippen molar-refractivity contribution in [2.24, 2.45) is 0 Å². The molecule has 0 aliphatic rings. The van der Waals surface area contributed by atoms with Crippen LogP contribution >= 0.6 is 23.4 Å². The Hall–Kier alpha value is -1.49. The third kappa shape index (κ3) is 5.90. The number of halogens is 1. The first-order chi connectivity index (χ1) is 11.2. The fourth-order valence-corrected chi connectivity index (χ4v) is 3.26. The second kappa shape index (κ2) is 9.60. The maximum Gasteiger partial charge on any atom is 0.220 e. The van der Waals surface area contributed by atoms with Crippen molar-refractivity contribution in [1.29, 1.82) is 0 Å². The van der Waals surface area contributed by atoms with Crippen LogP contribution in [0, 0.1) is 0 Å². The van der Waals surface area contributed by atoms with Gasteiger partial charge in [0.25, 0.3) is 0 Å². The molecule has 3 nitrogen and oxygen atoms in total. The number of hydrogen-bond donors (Lipinski definition) is 1. The van der Waals surface area contributed by atoms with Crippen LogP contribution in [0.4, 0.5) is 0 Å². The number of amides is 1. The molecule has 0 spiro atoms. The number of ether oxygens (including phenoxy) is 1. The van der Waals surface area contributed by atoms with E-state index in [1.165, 1.54) is 4.90 Å². The summed E-state index contributed by atoms with van der Waals surface area (Å²) in [5.41, 5.74) is 0.885. The molecule has 5 heteroatoms. The van der Waals surface area contributed by atoms with Crippen LogP contribution < -0.4 is 5.32 Å². The highest BCUT2D eigenvalue weighted by atomic mass is 35.5. The van der Waals surface area contributed by atoms with E-state index in [1.807, 2.05) is 54.6 Å². The Morgan fingerprint density at radius 1 is 1.17 bits per heavy atom. The molecular formula is C18H20ClNO2S. The van der Waals surface area contributed by atoms with Crippen molar-refractivity contribution in [3.63, 3.8) is 0 Å². The third-order valence-electron chi connectivity index (χ3n) is 3.36. The second-order valence-electron chi connectivity index (χ2n) is 4.96. The van der Waals surface area contributed by atoms with E-state index >= 15 is 0 Å². The maximum absolute atomic E-state index is 12.0. The van der Waals surface area contributed by atoms with Crippen molar-refractivity contribution in [2.75, 3.05) is 19.4 Å². The van der Waals surface area contributed by atoms with Crippen LogP contribution in [0.5, 0.6) is 0 Å². The minimum absolute atomic E-state index is 0.0162. The summed E-state index contributed by atoms with van der Waals surface area (Å²) in [6.45, 7) is 0.412. The molecule has 2 rings (SSSR count). The van der Waals surface area contributed by atoms with E-state index in [4.69, 9.17) is 16.3 Å². The van der Waals surface area contributed by atoms with Crippen LogP contribution in [0.3, 0.4) is 0 Å². The Balaban J connectivity index is 1.75. The smallest absolute Gasteiger partial charge is 0.220 e. The van der Waals surface area contributed by atoms with Crippen LogP contribution in [-0.4, -0.2) is 25.3 Å². The number of nitrogens with one attached hydrogen (secondary N) is 1. The molecule has 2 aromatic carbocycles. The molecule has 0 unspecified atom stereocenters. The number of benzene rings is 2. The lowest BCUT2D eigenvalue weighted by Crippen LogP contribution is -2.29.